The van der Waals surface area contributed by atoms with Crippen molar-refractivity contribution in [2.45, 2.75) is 25.8 Å². The number of pyridine rings is 1. The Morgan fingerprint density at radius 3 is 2.64 bits per heavy atom. The number of fused-ring (bicyclic) bond motifs is 1. The lowest BCUT2D eigenvalue weighted by Crippen LogP contribution is -2.25. The van der Waals surface area contributed by atoms with E-state index < -0.39 is 0 Å². The number of nitrogens with zero attached hydrogens (tertiary/aromatic N) is 4. The zero-order valence-corrected chi connectivity index (χ0v) is 18.5. The van der Waals surface area contributed by atoms with Crippen LogP contribution < -0.4 is 16.2 Å². The molecule has 0 unspecified atom stereocenters. The molecule has 6 nitrogen and oxygen atoms in total. The third-order valence-electron chi connectivity index (χ3n) is 6.05. The van der Waals surface area contributed by atoms with Crippen LogP contribution in [-0.2, 0) is 6.54 Å². The van der Waals surface area contributed by atoms with Crippen LogP contribution >= 0.6 is 0 Å². The number of anilines is 1. The first-order valence-electron chi connectivity index (χ1n) is 11.4. The van der Waals surface area contributed by atoms with E-state index in [0.29, 0.717) is 18.7 Å². The van der Waals surface area contributed by atoms with Gasteiger partial charge in [0.2, 0.25) is 0 Å². The van der Waals surface area contributed by atoms with Crippen LogP contribution in [0.5, 0.6) is 0 Å². The fourth-order valence-corrected chi connectivity index (χ4v) is 4.30. The molecule has 2 aromatic heterocycles. The SMILES string of the molecule is NCCCCn1nc(-c2ccc(N3C=CCC3)cc2)cc(-c2cccc3ncccc23)c1=O. The fourth-order valence-electron chi connectivity index (χ4n) is 4.30. The normalized spacial score (nSPS) is 13.2. The molecule has 6 heteroatoms. The summed E-state index contributed by atoms with van der Waals surface area (Å²) in [7, 11) is 0. The van der Waals surface area contributed by atoms with Crippen LogP contribution in [-0.4, -0.2) is 27.9 Å². The van der Waals surface area contributed by atoms with Crippen molar-refractivity contribution in [1.82, 2.24) is 14.8 Å². The van der Waals surface area contributed by atoms with Gasteiger partial charge in [-0.15, -0.1) is 0 Å². The minimum absolute atomic E-state index is 0.0917. The first-order valence-corrected chi connectivity index (χ1v) is 11.4. The van der Waals surface area contributed by atoms with E-state index in [9.17, 15) is 4.79 Å². The van der Waals surface area contributed by atoms with Gasteiger partial charge in [-0.1, -0.05) is 36.4 Å². The average molecular weight is 438 g/mol. The van der Waals surface area contributed by atoms with Crippen molar-refractivity contribution in [2.24, 2.45) is 5.73 Å². The molecule has 0 saturated heterocycles. The highest BCUT2D eigenvalue weighted by molar-refractivity contribution is 5.94. The van der Waals surface area contributed by atoms with Gasteiger partial charge in [-0.25, -0.2) is 4.68 Å². The van der Waals surface area contributed by atoms with Gasteiger partial charge in [0.05, 0.1) is 16.8 Å². The summed E-state index contributed by atoms with van der Waals surface area (Å²) in [5.74, 6) is 0. The first kappa shape index (κ1) is 21.1. The molecule has 2 N–H and O–H groups in total. The third kappa shape index (κ3) is 4.30. The van der Waals surface area contributed by atoms with Crippen molar-refractivity contribution in [1.29, 1.82) is 0 Å². The lowest BCUT2D eigenvalue weighted by atomic mass is 10.00. The molecule has 0 spiro atoms. The van der Waals surface area contributed by atoms with E-state index in [-0.39, 0.29) is 5.56 Å². The summed E-state index contributed by atoms with van der Waals surface area (Å²) < 4.78 is 1.59. The topological polar surface area (TPSA) is 77.0 Å². The molecule has 0 radical (unpaired) electrons. The molecule has 0 fully saturated rings. The highest BCUT2D eigenvalue weighted by atomic mass is 16.1. The number of hydrogen-bond donors (Lipinski definition) is 1. The second-order valence-corrected chi connectivity index (χ2v) is 8.26. The molecule has 0 bridgehead atoms. The van der Waals surface area contributed by atoms with E-state index in [0.717, 1.165) is 59.2 Å². The molecule has 1 aliphatic heterocycles. The Morgan fingerprint density at radius 1 is 0.970 bits per heavy atom. The Labute approximate surface area is 193 Å². The highest BCUT2D eigenvalue weighted by Crippen LogP contribution is 2.29. The van der Waals surface area contributed by atoms with Gasteiger partial charge in [0.1, 0.15) is 0 Å². The summed E-state index contributed by atoms with van der Waals surface area (Å²) in [6.07, 6.45) is 8.80. The van der Waals surface area contributed by atoms with Gasteiger partial charge in [0.25, 0.3) is 5.56 Å². The van der Waals surface area contributed by atoms with Crippen LogP contribution in [0.4, 0.5) is 5.69 Å². The second kappa shape index (κ2) is 9.38. The van der Waals surface area contributed by atoms with E-state index >= 15 is 0 Å². The summed E-state index contributed by atoms with van der Waals surface area (Å²) in [6, 6.07) is 20.1. The monoisotopic (exact) mass is 437 g/mol. The molecule has 5 rings (SSSR count). The van der Waals surface area contributed by atoms with Crippen molar-refractivity contribution in [2.75, 3.05) is 18.0 Å². The number of nitrogens with two attached hydrogens (primary N) is 1. The summed E-state index contributed by atoms with van der Waals surface area (Å²) in [5, 5.41) is 5.69. The van der Waals surface area contributed by atoms with Gasteiger partial charge in [-0.05, 0) is 61.7 Å². The standard InChI is InChI=1S/C27H27N5O/c28-14-1-2-18-32-27(33)24(22-7-5-9-25-23(22)8-6-15-29-25)19-26(30-32)20-10-12-21(13-11-20)31-16-3-4-17-31/h3,5-13,15-16,19H,1-2,4,14,17-18,28H2. The third-order valence-corrected chi connectivity index (χ3v) is 6.05. The van der Waals surface area contributed by atoms with Crippen molar-refractivity contribution < 1.29 is 0 Å². The predicted octanol–water partition coefficient (Wildman–Crippen LogP) is 4.59. The first-order chi connectivity index (χ1) is 16.2. The van der Waals surface area contributed by atoms with Crippen molar-refractivity contribution in [3.05, 3.63) is 89.5 Å². The van der Waals surface area contributed by atoms with Crippen molar-refractivity contribution >= 4 is 16.6 Å². The van der Waals surface area contributed by atoms with Gasteiger partial charge in [0, 0.05) is 42.1 Å². The van der Waals surface area contributed by atoms with Crippen LogP contribution in [0.15, 0.2) is 83.9 Å². The van der Waals surface area contributed by atoms with Crippen LogP contribution in [0.2, 0.25) is 0 Å². The molecule has 0 saturated carbocycles. The molecule has 166 valence electrons. The minimum Gasteiger partial charge on any atom is -0.348 e. The number of rotatable bonds is 7. The molecule has 0 aliphatic carbocycles. The minimum atomic E-state index is -0.0917. The van der Waals surface area contributed by atoms with Gasteiger partial charge in [-0.2, -0.15) is 5.10 Å². The number of aromatic nitrogens is 3. The van der Waals surface area contributed by atoms with Gasteiger partial charge in [-0.3, -0.25) is 9.78 Å². The molecule has 3 heterocycles. The largest absolute Gasteiger partial charge is 0.348 e. The predicted molar refractivity (Wildman–Crippen MR) is 134 cm³/mol. The molecule has 1 aliphatic rings. The van der Waals surface area contributed by atoms with Crippen molar-refractivity contribution in [3.63, 3.8) is 0 Å². The Morgan fingerprint density at radius 2 is 1.85 bits per heavy atom. The number of benzene rings is 2. The fraction of sp³-hybridized carbons (Fsp3) is 0.222. The van der Waals surface area contributed by atoms with Crippen LogP contribution in [0.1, 0.15) is 19.3 Å². The number of hydrogen-bond acceptors (Lipinski definition) is 5. The lowest BCUT2D eigenvalue weighted by molar-refractivity contribution is 0.538. The smallest absolute Gasteiger partial charge is 0.274 e. The summed E-state index contributed by atoms with van der Waals surface area (Å²) >= 11 is 0. The molecule has 33 heavy (non-hydrogen) atoms. The number of aryl methyl sites for hydroxylation is 1. The molecule has 2 aromatic carbocycles. The Hall–Kier alpha value is -3.77. The maximum Gasteiger partial charge on any atom is 0.274 e. The van der Waals surface area contributed by atoms with E-state index in [1.165, 1.54) is 0 Å². The Balaban J connectivity index is 1.61. The zero-order chi connectivity index (χ0) is 22.6. The molecular formula is C27H27N5O. The zero-order valence-electron chi connectivity index (χ0n) is 18.5. The molecular weight excluding hydrogens is 410 g/mol. The van der Waals surface area contributed by atoms with Crippen LogP contribution in [0.3, 0.4) is 0 Å². The highest BCUT2D eigenvalue weighted by Gasteiger charge is 2.15. The molecule has 0 amide bonds. The molecule has 4 aromatic rings. The van der Waals surface area contributed by atoms with Crippen LogP contribution in [0.25, 0.3) is 33.3 Å². The van der Waals surface area contributed by atoms with Gasteiger partial charge < -0.3 is 10.6 Å². The van der Waals surface area contributed by atoms with Gasteiger partial charge in [0.15, 0.2) is 0 Å². The average Bonchev–Trinajstić information content (AvgIpc) is 3.40. The Bertz CT molecular complexity index is 1350. The number of unbranched alkanes of at least 4 members (excludes halogenated alkanes) is 1. The lowest BCUT2D eigenvalue weighted by Gasteiger charge is -2.16. The van der Waals surface area contributed by atoms with Gasteiger partial charge >= 0.3 is 0 Å². The summed E-state index contributed by atoms with van der Waals surface area (Å²) in [5.41, 5.74) is 10.9. The Kier molecular flexibility index (Phi) is 6.00. The maximum absolute atomic E-state index is 13.5. The maximum atomic E-state index is 13.5. The van der Waals surface area contributed by atoms with E-state index in [1.807, 2.05) is 36.4 Å². The molecule has 0 atom stereocenters. The van der Waals surface area contributed by atoms with E-state index in [1.54, 1.807) is 10.9 Å². The van der Waals surface area contributed by atoms with Crippen LogP contribution in [0, 0.1) is 0 Å². The van der Waals surface area contributed by atoms with E-state index in [2.05, 4.69) is 46.4 Å². The van der Waals surface area contributed by atoms with E-state index in [4.69, 9.17) is 10.8 Å². The summed E-state index contributed by atoms with van der Waals surface area (Å²) in [6.45, 7) is 2.14. The quantitative estimate of drug-likeness (QED) is 0.428. The second-order valence-electron chi connectivity index (χ2n) is 8.26. The van der Waals surface area contributed by atoms with Crippen molar-refractivity contribution in [3.8, 4) is 22.4 Å². The summed E-state index contributed by atoms with van der Waals surface area (Å²) in [4.78, 5) is 20.1.